The number of carbonyl (C=O) groups is 3. The van der Waals surface area contributed by atoms with Crippen LogP contribution in [0.4, 0.5) is 0 Å². The number of aliphatic hydroxyl groups excluding tert-OH is 1. The molecule has 0 aliphatic heterocycles. The lowest BCUT2D eigenvalue weighted by Gasteiger charge is -2.52. The van der Waals surface area contributed by atoms with Gasteiger partial charge in [-0.3, -0.25) is 9.59 Å². The smallest absolute Gasteiger partial charge is 0.328 e. The minimum atomic E-state index is -2.76. The maximum Gasteiger partial charge on any atom is 0.328 e. The summed E-state index contributed by atoms with van der Waals surface area (Å²) in [5.41, 5.74) is -10.4. The van der Waals surface area contributed by atoms with E-state index in [9.17, 15) is 39.9 Å². The van der Waals surface area contributed by atoms with Gasteiger partial charge in [0.2, 0.25) is 0 Å². The number of hydrogen-bond donors (Lipinski definition) is 6. The van der Waals surface area contributed by atoms with Crippen LogP contribution in [-0.4, -0.2) is 91.6 Å². The Morgan fingerprint density at radius 1 is 0.580 bits per heavy atom. The van der Waals surface area contributed by atoms with Gasteiger partial charge in [-0.05, 0) is 47.0 Å². The van der Waals surface area contributed by atoms with Crippen molar-refractivity contribution in [1.29, 1.82) is 0 Å². The maximum absolute atomic E-state index is 13.4. The van der Waals surface area contributed by atoms with Crippen LogP contribution < -0.4 is 5.32 Å². The molecule has 296 valence electrons. The predicted octanol–water partition coefficient (Wildman–Crippen LogP) is 6.18. The molecule has 0 bridgehead atoms. The molecule has 0 radical (unpaired) electrons. The fourth-order valence-corrected chi connectivity index (χ4v) is 5.89. The van der Waals surface area contributed by atoms with Gasteiger partial charge in [-0.25, -0.2) is 4.79 Å². The van der Waals surface area contributed by atoms with Gasteiger partial charge < -0.3 is 40.3 Å². The third-order valence-electron chi connectivity index (χ3n) is 10.4. The van der Waals surface area contributed by atoms with E-state index >= 15 is 0 Å². The molecule has 0 aromatic carbocycles. The van der Waals surface area contributed by atoms with Crippen molar-refractivity contribution in [3.8, 4) is 0 Å². The highest BCUT2D eigenvalue weighted by atomic mass is 16.5. The summed E-state index contributed by atoms with van der Waals surface area (Å²) in [6, 6.07) is -1.36. The molecule has 0 aliphatic carbocycles. The van der Waals surface area contributed by atoms with E-state index in [1.54, 1.807) is 0 Å². The van der Waals surface area contributed by atoms with E-state index in [2.05, 4.69) is 19.2 Å². The van der Waals surface area contributed by atoms with E-state index in [0.29, 0.717) is 6.42 Å². The number of carbonyl (C=O) groups excluding carboxylic acids is 3. The van der Waals surface area contributed by atoms with E-state index in [0.717, 1.165) is 72.6 Å². The zero-order valence-corrected chi connectivity index (χ0v) is 32.5. The minimum Gasteiger partial charge on any atom is -0.466 e. The SMILES string of the molecule is CCCCCCCCCCCCOC(=O)CCC(NC(=O)C(C)(O)C(C)(O)C(C)(O)C(C)(O)CO)C(=O)OCCCCCCCCCCCC. The van der Waals surface area contributed by atoms with Crippen LogP contribution in [0.3, 0.4) is 0 Å². The summed E-state index contributed by atoms with van der Waals surface area (Å²) in [5.74, 6) is -2.58. The van der Waals surface area contributed by atoms with E-state index in [1.807, 2.05) is 0 Å². The minimum absolute atomic E-state index is 0.118. The van der Waals surface area contributed by atoms with Crippen molar-refractivity contribution >= 4 is 17.8 Å². The Morgan fingerprint density at radius 2 is 0.960 bits per heavy atom. The molecule has 5 unspecified atom stereocenters. The number of ether oxygens (including phenoxy) is 2. The largest absolute Gasteiger partial charge is 0.466 e. The second-order valence-electron chi connectivity index (χ2n) is 15.0. The highest BCUT2D eigenvalue weighted by Gasteiger charge is 2.64. The maximum atomic E-state index is 13.4. The first-order valence-electron chi connectivity index (χ1n) is 19.7. The molecule has 0 rings (SSSR count). The normalized spacial score (nSPS) is 17.1. The first-order valence-corrected chi connectivity index (χ1v) is 19.7. The second kappa shape index (κ2) is 26.0. The first-order chi connectivity index (χ1) is 23.5. The quantitative estimate of drug-likeness (QED) is 0.0347. The number of amides is 1. The lowest BCUT2D eigenvalue weighted by Crippen LogP contribution is -2.76. The van der Waals surface area contributed by atoms with E-state index in [-0.39, 0.29) is 26.1 Å². The molecule has 0 aromatic rings. The van der Waals surface area contributed by atoms with Crippen LogP contribution in [0.1, 0.15) is 183 Å². The molecule has 11 heteroatoms. The Morgan fingerprint density at radius 3 is 1.36 bits per heavy atom. The van der Waals surface area contributed by atoms with Crippen molar-refractivity contribution in [3.63, 3.8) is 0 Å². The average molecular weight is 718 g/mol. The summed E-state index contributed by atoms with van der Waals surface area (Å²) in [6.07, 6.45) is 22.2. The fourth-order valence-electron chi connectivity index (χ4n) is 5.89. The molecule has 50 heavy (non-hydrogen) atoms. The summed E-state index contributed by atoms with van der Waals surface area (Å²) in [7, 11) is 0. The van der Waals surface area contributed by atoms with Crippen LogP contribution in [0, 0.1) is 0 Å². The van der Waals surface area contributed by atoms with Crippen molar-refractivity contribution in [3.05, 3.63) is 0 Å². The Kier molecular flexibility index (Phi) is 25.1. The number of esters is 2. The number of rotatable bonds is 32. The topological polar surface area (TPSA) is 183 Å². The van der Waals surface area contributed by atoms with Crippen LogP contribution in [-0.2, 0) is 23.9 Å². The summed E-state index contributed by atoms with van der Waals surface area (Å²) < 4.78 is 10.8. The molecule has 0 heterocycles. The van der Waals surface area contributed by atoms with Crippen molar-refractivity contribution in [2.24, 2.45) is 0 Å². The standard InChI is InChI=1S/C39H75NO10/c1-7-9-11-13-15-17-19-21-23-25-29-49-33(42)28-27-32(34(43)50-30-26-24-22-20-18-16-14-12-10-8-2)40-35(44)37(4,46)39(6,48)38(5,47)36(3,45)31-41/h32,41,45-48H,7-31H2,1-6H3,(H,40,44). The van der Waals surface area contributed by atoms with Gasteiger partial charge in [-0.15, -0.1) is 0 Å². The molecular formula is C39H75NO10. The van der Waals surface area contributed by atoms with E-state index < -0.39 is 52.9 Å². The molecule has 0 saturated carbocycles. The zero-order chi connectivity index (χ0) is 38.1. The van der Waals surface area contributed by atoms with Gasteiger partial charge in [-0.1, -0.05) is 129 Å². The van der Waals surface area contributed by atoms with E-state index in [1.165, 1.54) is 77.0 Å². The summed E-state index contributed by atoms with van der Waals surface area (Å²) >= 11 is 0. The molecular weight excluding hydrogens is 642 g/mol. The Labute approximate surface area is 303 Å². The lowest BCUT2D eigenvalue weighted by atomic mass is 9.66. The zero-order valence-electron chi connectivity index (χ0n) is 32.5. The van der Waals surface area contributed by atoms with Gasteiger partial charge in [0.05, 0.1) is 19.8 Å². The number of hydrogen-bond acceptors (Lipinski definition) is 10. The predicted molar refractivity (Wildman–Crippen MR) is 196 cm³/mol. The molecule has 11 nitrogen and oxygen atoms in total. The summed E-state index contributed by atoms with van der Waals surface area (Å²) in [6.45, 7) is 7.70. The van der Waals surface area contributed by atoms with Crippen LogP contribution in [0.15, 0.2) is 0 Å². The Balaban J connectivity index is 5.12. The van der Waals surface area contributed by atoms with Gasteiger partial charge in [-0.2, -0.15) is 0 Å². The van der Waals surface area contributed by atoms with Gasteiger partial charge in [0.25, 0.3) is 5.91 Å². The van der Waals surface area contributed by atoms with Crippen LogP contribution in [0.25, 0.3) is 0 Å². The first kappa shape index (κ1) is 48.2. The molecule has 0 aliphatic rings. The second-order valence-corrected chi connectivity index (χ2v) is 15.0. The summed E-state index contributed by atoms with van der Waals surface area (Å²) in [4.78, 5) is 39.1. The highest BCUT2D eigenvalue weighted by Crippen LogP contribution is 2.40. The monoisotopic (exact) mass is 718 g/mol. The number of nitrogens with one attached hydrogen (secondary N) is 1. The lowest BCUT2D eigenvalue weighted by molar-refractivity contribution is -0.279. The molecule has 0 saturated heterocycles. The number of unbranched alkanes of at least 4 members (excludes halogenated alkanes) is 18. The average Bonchev–Trinajstić information content (AvgIpc) is 3.07. The van der Waals surface area contributed by atoms with Crippen molar-refractivity contribution in [1.82, 2.24) is 5.32 Å². The molecule has 1 amide bonds. The van der Waals surface area contributed by atoms with Crippen molar-refractivity contribution in [2.75, 3.05) is 19.8 Å². The molecule has 0 aromatic heterocycles. The fraction of sp³-hybridized carbons (Fsp3) is 0.923. The summed E-state index contributed by atoms with van der Waals surface area (Å²) in [5, 5.41) is 55.9. The van der Waals surface area contributed by atoms with Crippen LogP contribution in [0.5, 0.6) is 0 Å². The van der Waals surface area contributed by atoms with Crippen molar-refractivity contribution < 1.29 is 49.4 Å². The highest BCUT2D eigenvalue weighted by molar-refractivity contribution is 5.90. The Bertz CT molecular complexity index is 919. The molecule has 0 spiro atoms. The van der Waals surface area contributed by atoms with E-state index in [4.69, 9.17) is 9.47 Å². The number of aliphatic hydroxyl groups is 5. The van der Waals surface area contributed by atoms with Gasteiger partial charge in [0.1, 0.15) is 22.8 Å². The van der Waals surface area contributed by atoms with Gasteiger partial charge in [0.15, 0.2) is 5.60 Å². The van der Waals surface area contributed by atoms with Gasteiger partial charge >= 0.3 is 11.9 Å². The van der Waals surface area contributed by atoms with Crippen molar-refractivity contribution in [2.45, 2.75) is 211 Å². The third-order valence-corrected chi connectivity index (χ3v) is 10.4. The van der Waals surface area contributed by atoms with Crippen LogP contribution >= 0.6 is 0 Å². The molecule has 0 fully saturated rings. The molecule has 5 atom stereocenters. The van der Waals surface area contributed by atoms with Gasteiger partial charge in [0, 0.05) is 6.42 Å². The molecule has 6 N–H and O–H groups in total. The Hall–Kier alpha value is -1.79. The van der Waals surface area contributed by atoms with Crippen LogP contribution in [0.2, 0.25) is 0 Å². The third kappa shape index (κ3) is 17.6.